The second-order valence-electron chi connectivity index (χ2n) is 5.37. The van der Waals surface area contributed by atoms with Crippen LogP contribution >= 0.6 is 0 Å². The molecule has 2 atom stereocenters. The summed E-state index contributed by atoms with van der Waals surface area (Å²) in [5.41, 5.74) is 0.784. The van der Waals surface area contributed by atoms with Gasteiger partial charge in [-0.25, -0.2) is 13.1 Å². The molecule has 0 saturated heterocycles. The van der Waals surface area contributed by atoms with Crippen LogP contribution in [0.2, 0.25) is 0 Å². The van der Waals surface area contributed by atoms with Crippen LogP contribution in [0.1, 0.15) is 25.0 Å². The molecule has 1 heterocycles. The quantitative estimate of drug-likeness (QED) is 0.785. The molecule has 0 aliphatic heterocycles. The Kier molecular flexibility index (Phi) is 5.51. The van der Waals surface area contributed by atoms with E-state index in [9.17, 15) is 13.5 Å². The summed E-state index contributed by atoms with van der Waals surface area (Å²) in [4.78, 5) is 4.12. The number of hydrogen-bond donors (Lipinski definition) is 2. The van der Waals surface area contributed by atoms with Gasteiger partial charge in [0.2, 0.25) is 10.0 Å². The first-order chi connectivity index (χ1) is 9.61. The number of aliphatic hydroxyl groups excluding tert-OH is 1. The molecule has 0 radical (unpaired) electrons. The predicted molar refractivity (Wildman–Crippen MR) is 77.6 cm³/mol. The summed E-state index contributed by atoms with van der Waals surface area (Å²) in [7, 11) is -3.27. The van der Waals surface area contributed by atoms with Crippen molar-refractivity contribution in [2.75, 3.05) is 18.9 Å². The van der Waals surface area contributed by atoms with E-state index < -0.39 is 10.0 Å². The first kappa shape index (κ1) is 15.4. The summed E-state index contributed by atoms with van der Waals surface area (Å²) in [5.74, 6) is 0.568. The first-order valence-corrected chi connectivity index (χ1v) is 8.74. The molecule has 0 spiro atoms. The molecule has 0 aromatic carbocycles. The molecule has 1 aliphatic carbocycles. The number of rotatable bonds is 7. The molecule has 1 saturated carbocycles. The zero-order valence-corrected chi connectivity index (χ0v) is 12.3. The Balaban J connectivity index is 1.79. The van der Waals surface area contributed by atoms with Crippen LogP contribution in [0, 0.1) is 11.8 Å². The highest BCUT2D eigenvalue weighted by molar-refractivity contribution is 7.89. The van der Waals surface area contributed by atoms with Crippen molar-refractivity contribution >= 4 is 10.0 Å². The van der Waals surface area contributed by atoms with Gasteiger partial charge in [-0.1, -0.05) is 12.5 Å². The SMILES string of the molecule is O=S(=O)(CCc1ccccn1)NCC1CCCC1CO. The third-order valence-electron chi connectivity index (χ3n) is 3.97. The molecule has 1 aliphatic rings. The Hall–Kier alpha value is -0.980. The number of aromatic nitrogens is 1. The maximum atomic E-state index is 12.0. The number of hydrogen-bond acceptors (Lipinski definition) is 4. The lowest BCUT2D eigenvalue weighted by atomic mass is 9.97. The average Bonchev–Trinajstić information content (AvgIpc) is 2.92. The number of nitrogens with zero attached hydrogens (tertiary/aromatic N) is 1. The summed E-state index contributed by atoms with van der Waals surface area (Å²) in [5, 5.41) is 9.23. The average molecular weight is 298 g/mol. The first-order valence-electron chi connectivity index (χ1n) is 7.09. The second-order valence-corrected chi connectivity index (χ2v) is 7.30. The van der Waals surface area contributed by atoms with Gasteiger partial charge in [-0.05, 0) is 36.8 Å². The van der Waals surface area contributed by atoms with E-state index in [-0.39, 0.29) is 24.2 Å². The summed E-state index contributed by atoms with van der Waals surface area (Å²) in [6.45, 7) is 0.593. The van der Waals surface area contributed by atoms with Crippen LogP contribution in [0.4, 0.5) is 0 Å². The van der Waals surface area contributed by atoms with Crippen molar-refractivity contribution in [1.29, 1.82) is 0 Å². The highest BCUT2D eigenvalue weighted by atomic mass is 32.2. The third-order valence-corrected chi connectivity index (χ3v) is 5.32. The summed E-state index contributed by atoms with van der Waals surface area (Å²) >= 11 is 0. The largest absolute Gasteiger partial charge is 0.396 e. The Morgan fingerprint density at radius 2 is 2.10 bits per heavy atom. The van der Waals surface area contributed by atoms with Gasteiger partial charge in [-0.2, -0.15) is 0 Å². The van der Waals surface area contributed by atoms with Crippen molar-refractivity contribution in [3.63, 3.8) is 0 Å². The van der Waals surface area contributed by atoms with Gasteiger partial charge < -0.3 is 5.11 Å². The molecule has 6 heteroatoms. The molecule has 0 amide bonds. The molecular weight excluding hydrogens is 276 g/mol. The lowest BCUT2D eigenvalue weighted by Crippen LogP contribution is -2.33. The number of nitrogens with one attached hydrogen (secondary N) is 1. The van der Waals surface area contributed by atoms with Gasteiger partial charge in [0.05, 0.1) is 5.75 Å². The minimum absolute atomic E-state index is 0.0561. The van der Waals surface area contributed by atoms with Gasteiger partial charge in [0.15, 0.2) is 0 Å². The number of aryl methyl sites for hydroxylation is 1. The predicted octanol–water partition coefficient (Wildman–Crippen LogP) is 0.952. The van der Waals surface area contributed by atoms with Gasteiger partial charge in [-0.3, -0.25) is 4.98 Å². The summed E-state index contributed by atoms with van der Waals surface area (Å²) in [6, 6.07) is 5.49. The smallest absolute Gasteiger partial charge is 0.211 e. The van der Waals surface area contributed by atoms with Gasteiger partial charge in [0.1, 0.15) is 0 Å². The standard InChI is InChI=1S/C14H22N2O3S/c17-11-13-5-3-4-12(13)10-16-20(18,19)9-7-14-6-1-2-8-15-14/h1-2,6,8,12-13,16-17H,3-5,7,9-11H2. The molecule has 1 aromatic heterocycles. The maximum Gasteiger partial charge on any atom is 0.211 e. The van der Waals surface area contributed by atoms with E-state index in [1.165, 1.54) is 0 Å². The molecule has 2 unspecified atom stereocenters. The zero-order valence-electron chi connectivity index (χ0n) is 11.5. The van der Waals surface area contributed by atoms with Crippen LogP contribution in [-0.4, -0.2) is 37.4 Å². The highest BCUT2D eigenvalue weighted by Crippen LogP contribution is 2.30. The maximum absolute atomic E-state index is 12.0. The van der Waals surface area contributed by atoms with Crippen molar-refractivity contribution in [3.8, 4) is 0 Å². The van der Waals surface area contributed by atoms with Crippen LogP contribution < -0.4 is 4.72 Å². The molecule has 1 aromatic rings. The van der Waals surface area contributed by atoms with E-state index in [1.54, 1.807) is 6.20 Å². The summed E-state index contributed by atoms with van der Waals surface area (Å²) < 4.78 is 26.6. The zero-order chi connectivity index (χ0) is 14.4. The van der Waals surface area contributed by atoms with Crippen LogP contribution in [-0.2, 0) is 16.4 Å². The van der Waals surface area contributed by atoms with Crippen molar-refractivity contribution in [3.05, 3.63) is 30.1 Å². The normalized spacial score (nSPS) is 23.1. The fourth-order valence-corrected chi connectivity index (χ4v) is 3.80. The fraction of sp³-hybridized carbons (Fsp3) is 0.643. The fourth-order valence-electron chi connectivity index (χ4n) is 2.71. The van der Waals surface area contributed by atoms with Gasteiger partial charge in [-0.15, -0.1) is 0 Å². The van der Waals surface area contributed by atoms with Crippen LogP contribution in [0.15, 0.2) is 24.4 Å². The highest BCUT2D eigenvalue weighted by Gasteiger charge is 2.27. The lowest BCUT2D eigenvalue weighted by molar-refractivity contribution is 0.195. The minimum Gasteiger partial charge on any atom is -0.396 e. The van der Waals surface area contributed by atoms with Crippen LogP contribution in [0.25, 0.3) is 0 Å². The van der Waals surface area contributed by atoms with Crippen LogP contribution in [0.5, 0.6) is 0 Å². The molecule has 20 heavy (non-hydrogen) atoms. The minimum atomic E-state index is -3.27. The lowest BCUT2D eigenvalue weighted by Gasteiger charge is -2.17. The Morgan fingerprint density at radius 1 is 1.30 bits per heavy atom. The second kappa shape index (κ2) is 7.15. The Labute approximate surface area is 120 Å². The topological polar surface area (TPSA) is 79.3 Å². The summed E-state index contributed by atoms with van der Waals surface area (Å²) in [6.07, 6.45) is 5.15. The number of pyridine rings is 1. The van der Waals surface area contributed by atoms with E-state index >= 15 is 0 Å². The van der Waals surface area contributed by atoms with Gasteiger partial charge >= 0.3 is 0 Å². The molecular formula is C14H22N2O3S. The van der Waals surface area contributed by atoms with E-state index in [0.717, 1.165) is 25.0 Å². The molecule has 2 rings (SSSR count). The van der Waals surface area contributed by atoms with Gasteiger partial charge in [0, 0.05) is 31.5 Å². The van der Waals surface area contributed by atoms with Crippen molar-refractivity contribution in [1.82, 2.24) is 9.71 Å². The van der Waals surface area contributed by atoms with Gasteiger partial charge in [0.25, 0.3) is 0 Å². The monoisotopic (exact) mass is 298 g/mol. The molecule has 5 nitrogen and oxygen atoms in total. The van der Waals surface area contributed by atoms with E-state index in [1.807, 2.05) is 18.2 Å². The Morgan fingerprint density at radius 3 is 2.80 bits per heavy atom. The third kappa shape index (κ3) is 4.54. The number of sulfonamides is 1. The van der Waals surface area contributed by atoms with Crippen LogP contribution in [0.3, 0.4) is 0 Å². The Bertz CT molecular complexity index is 504. The molecule has 0 bridgehead atoms. The van der Waals surface area contributed by atoms with E-state index in [2.05, 4.69) is 9.71 Å². The van der Waals surface area contributed by atoms with E-state index in [0.29, 0.717) is 13.0 Å². The van der Waals surface area contributed by atoms with E-state index in [4.69, 9.17) is 0 Å². The van der Waals surface area contributed by atoms with Crippen molar-refractivity contribution in [2.45, 2.75) is 25.7 Å². The molecule has 112 valence electrons. The van der Waals surface area contributed by atoms with Crippen molar-refractivity contribution in [2.24, 2.45) is 11.8 Å². The van der Waals surface area contributed by atoms with Crippen molar-refractivity contribution < 1.29 is 13.5 Å². The molecule has 1 fully saturated rings. The number of aliphatic hydroxyl groups is 1. The molecule has 2 N–H and O–H groups in total.